The van der Waals surface area contributed by atoms with E-state index in [1.807, 2.05) is 13.8 Å². The highest BCUT2D eigenvalue weighted by molar-refractivity contribution is 5.75. The molecule has 1 N–H and O–H groups in total. The maximum absolute atomic E-state index is 11.7. The second-order valence-electron chi connectivity index (χ2n) is 4.11. The molecular formula is C10H20N2O3. The molecule has 0 aliphatic heterocycles. The number of rotatable bonds is 4. The summed E-state index contributed by atoms with van der Waals surface area (Å²) in [5.74, 6) is -1.43. The van der Waals surface area contributed by atoms with Gasteiger partial charge in [-0.05, 0) is 13.8 Å². The molecule has 88 valence electrons. The number of urea groups is 1. The summed E-state index contributed by atoms with van der Waals surface area (Å²) in [6.07, 6.45) is 0. The van der Waals surface area contributed by atoms with E-state index in [0.29, 0.717) is 0 Å². The van der Waals surface area contributed by atoms with Gasteiger partial charge in [0.25, 0.3) is 0 Å². The van der Waals surface area contributed by atoms with Crippen LogP contribution in [0, 0.1) is 5.92 Å². The summed E-state index contributed by atoms with van der Waals surface area (Å²) in [7, 11) is 3.32. The lowest BCUT2D eigenvalue weighted by molar-refractivity contribution is -0.141. The molecule has 1 atom stereocenters. The highest BCUT2D eigenvalue weighted by Gasteiger charge is 2.20. The van der Waals surface area contributed by atoms with E-state index in [1.54, 1.807) is 25.9 Å². The van der Waals surface area contributed by atoms with Gasteiger partial charge in [0.05, 0.1) is 5.92 Å². The average Bonchev–Trinajstić information content (AvgIpc) is 2.14. The van der Waals surface area contributed by atoms with Crippen molar-refractivity contribution in [2.24, 2.45) is 5.92 Å². The quantitative estimate of drug-likeness (QED) is 0.765. The van der Waals surface area contributed by atoms with Crippen molar-refractivity contribution in [3.05, 3.63) is 0 Å². The van der Waals surface area contributed by atoms with E-state index >= 15 is 0 Å². The van der Waals surface area contributed by atoms with E-state index in [4.69, 9.17) is 5.11 Å². The number of nitrogens with zero attached hydrogens (tertiary/aromatic N) is 2. The summed E-state index contributed by atoms with van der Waals surface area (Å²) < 4.78 is 0. The van der Waals surface area contributed by atoms with E-state index in [-0.39, 0.29) is 18.6 Å². The number of carbonyl (C=O) groups excluding carboxylic acids is 1. The van der Waals surface area contributed by atoms with Crippen molar-refractivity contribution in [1.29, 1.82) is 0 Å². The minimum absolute atomic E-state index is 0.111. The summed E-state index contributed by atoms with van der Waals surface area (Å²) >= 11 is 0. The number of hydrogen-bond acceptors (Lipinski definition) is 2. The number of carboxylic acid groups (broad SMARTS) is 1. The van der Waals surface area contributed by atoms with E-state index in [2.05, 4.69) is 0 Å². The zero-order chi connectivity index (χ0) is 12.2. The fraction of sp³-hybridized carbons (Fsp3) is 0.800. The van der Waals surface area contributed by atoms with Crippen molar-refractivity contribution >= 4 is 12.0 Å². The molecule has 2 amide bonds. The number of aliphatic carboxylic acids is 1. The Morgan fingerprint density at radius 2 is 1.67 bits per heavy atom. The maximum Gasteiger partial charge on any atom is 0.319 e. The Bertz CT molecular complexity index is 241. The SMILES string of the molecule is CC(CN(C)C(=O)N(C)C(C)C)C(=O)O. The van der Waals surface area contributed by atoms with Crippen LogP contribution in [0.1, 0.15) is 20.8 Å². The fourth-order valence-corrected chi connectivity index (χ4v) is 1.06. The van der Waals surface area contributed by atoms with Crippen molar-refractivity contribution in [1.82, 2.24) is 9.80 Å². The second-order valence-corrected chi connectivity index (χ2v) is 4.11. The average molecular weight is 216 g/mol. The molecule has 0 rings (SSSR count). The molecule has 0 saturated carbocycles. The first-order valence-corrected chi connectivity index (χ1v) is 4.98. The van der Waals surface area contributed by atoms with Crippen molar-refractivity contribution < 1.29 is 14.7 Å². The third-order valence-corrected chi connectivity index (χ3v) is 2.37. The Hall–Kier alpha value is -1.26. The molecule has 0 heterocycles. The Morgan fingerprint density at radius 3 is 2.00 bits per heavy atom. The van der Waals surface area contributed by atoms with Gasteiger partial charge in [0.1, 0.15) is 0 Å². The minimum atomic E-state index is -0.887. The topological polar surface area (TPSA) is 60.9 Å². The fourth-order valence-electron chi connectivity index (χ4n) is 1.06. The highest BCUT2D eigenvalue weighted by Crippen LogP contribution is 2.03. The first-order chi connectivity index (χ1) is 6.77. The maximum atomic E-state index is 11.7. The molecule has 0 aliphatic carbocycles. The van der Waals surface area contributed by atoms with Gasteiger partial charge in [0, 0.05) is 26.7 Å². The molecule has 5 nitrogen and oxygen atoms in total. The van der Waals surface area contributed by atoms with Gasteiger partial charge in [-0.3, -0.25) is 4.79 Å². The summed E-state index contributed by atoms with van der Waals surface area (Å²) in [5, 5.41) is 8.71. The van der Waals surface area contributed by atoms with E-state index in [0.717, 1.165) is 0 Å². The molecule has 5 heteroatoms. The summed E-state index contributed by atoms with van der Waals surface area (Å²) in [4.78, 5) is 25.3. The summed E-state index contributed by atoms with van der Waals surface area (Å²) in [6.45, 7) is 5.63. The zero-order valence-corrected chi connectivity index (χ0v) is 10.0. The molecule has 0 radical (unpaired) electrons. The zero-order valence-electron chi connectivity index (χ0n) is 10.0. The van der Waals surface area contributed by atoms with Crippen LogP contribution in [0.3, 0.4) is 0 Å². The first kappa shape index (κ1) is 13.7. The van der Waals surface area contributed by atoms with Crippen LogP contribution in [0.5, 0.6) is 0 Å². The van der Waals surface area contributed by atoms with Crippen molar-refractivity contribution in [2.45, 2.75) is 26.8 Å². The van der Waals surface area contributed by atoms with E-state index < -0.39 is 11.9 Å². The third-order valence-electron chi connectivity index (χ3n) is 2.37. The van der Waals surface area contributed by atoms with Crippen LogP contribution < -0.4 is 0 Å². The van der Waals surface area contributed by atoms with Gasteiger partial charge >= 0.3 is 12.0 Å². The lowest BCUT2D eigenvalue weighted by atomic mass is 10.2. The van der Waals surface area contributed by atoms with Crippen LogP contribution >= 0.6 is 0 Å². The smallest absolute Gasteiger partial charge is 0.319 e. The van der Waals surface area contributed by atoms with Crippen molar-refractivity contribution in [3.63, 3.8) is 0 Å². The second kappa shape index (κ2) is 5.58. The van der Waals surface area contributed by atoms with Gasteiger partial charge in [-0.1, -0.05) is 6.92 Å². The predicted octanol–water partition coefficient (Wildman–Crippen LogP) is 1.10. The standard InChI is InChI=1S/C10H20N2O3/c1-7(2)12(5)10(15)11(4)6-8(3)9(13)14/h7-8H,6H2,1-5H3,(H,13,14). The molecule has 0 aromatic rings. The van der Waals surface area contributed by atoms with Gasteiger partial charge in [0.2, 0.25) is 0 Å². The van der Waals surface area contributed by atoms with Crippen molar-refractivity contribution in [2.75, 3.05) is 20.6 Å². The highest BCUT2D eigenvalue weighted by atomic mass is 16.4. The van der Waals surface area contributed by atoms with Gasteiger partial charge in [-0.25, -0.2) is 4.79 Å². The van der Waals surface area contributed by atoms with Crippen LogP contribution in [0.25, 0.3) is 0 Å². The molecule has 0 saturated heterocycles. The number of carbonyl (C=O) groups is 2. The molecule has 0 bridgehead atoms. The molecule has 0 aliphatic rings. The molecule has 15 heavy (non-hydrogen) atoms. The molecule has 1 unspecified atom stereocenters. The lowest BCUT2D eigenvalue weighted by Gasteiger charge is -2.28. The molecule has 0 spiro atoms. The molecule has 0 aromatic carbocycles. The van der Waals surface area contributed by atoms with E-state index in [9.17, 15) is 9.59 Å². The van der Waals surface area contributed by atoms with Crippen LogP contribution in [0.2, 0.25) is 0 Å². The van der Waals surface area contributed by atoms with Gasteiger partial charge in [-0.15, -0.1) is 0 Å². The first-order valence-electron chi connectivity index (χ1n) is 4.98. The van der Waals surface area contributed by atoms with Crippen LogP contribution in [0.15, 0.2) is 0 Å². The summed E-state index contributed by atoms with van der Waals surface area (Å²) in [6, 6.07) is -0.0433. The number of carboxylic acids is 1. The van der Waals surface area contributed by atoms with Crippen LogP contribution in [-0.4, -0.2) is 53.6 Å². The van der Waals surface area contributed by atoms with Crippen LogP contribution in [0.4, 0.5) is 4.79 Å². The predicted molar refractivity (Wildman–Crippen MR) is 57.7 cm³/mol. The van der Waals surface area contributed by atoms with Gasteiger partial charge < -0.3 is 14.9 Å². The van der Waals surface area contributed by atoms with Crippen molar-refractivity contribution in [3.8, 4) is 0 Å². The molecule has 0 aromatic heterocycles. The Labute approximate surface area is 90.7 Å². The monoisotopic (exact) mass is 216 g/mol. The number of amides is 2. The minimum Gasteiger partial charge on any atom is -0.481 e. The summed E-state index contributed by atoms with van der Waals surface area (Å²) in [5.41, 5.74) is 0. The Balaban J connectivity index is 4.27. The van der Waals surface area contributed by atoms with Gasteiger partial charge in [-0.2, -0.15) is 0 Å². The lowest BCUT2D eigenvalue weighted by Crippen LogP contribution is -2.44. The molecule has 0 fully saturated rings. The largest absolute Gasteiger partial charge is 0.481 e. The number of hydrogen-bond donors (Lipinski definition) is 1. The Kier molecular flexibility index (Phi) is 5.11. The van der Waals surface area contributed by atoms with E-state index in [1.165, 1.54) is 4.90 Å². The van der Waals surface area contributed by atoms with Gasteiger partial charge in [0.15, 0.2) is 0 Å². The van der Waals surface area contributed by atoms with Crippen LogP contribution in [-0.2, 0) is 4.79 Å². The normalized spacial score (nSPS) is 12.4. The molecular weight excluding hydrogens is 196 g/mol. The Morgan fingerprint density at radius 1 is 1.20 bits per heavy atom. The third kappa shape index (κ3) is 4.18.